The van der Waals surface area contributed by atoms with Gasteiger partial charge in [0.05, 0.1) is 0 Å². The molecule has 0 saturated heterocycles. The van der Waals surface area contributed by atoms with Crippen molar-refractivity contribution in [3.63, 3.8) is 0 Å². The standard InChI is InChI=1S/C11H13BrN2O/c1-8(7-14)15-11-3-2-10(12)6-9(11)4-5-13/h2-3,6,8H,4-5,13H2,1H3. The zero-order valence-electron chi connectivity index (χ0n) is 8.53. The van der Waals surface area contributed by atoms with Gasteiger partial charge in [0.1, 0.15) is 11.8 Å². The van der Waals surface area contributed by atoms with Crippen molar-refractivity contribution in [2.75, 3.05) is 6.54 Å². The van der Waals surface area contributed by atoms with E-state index < -0.39 is 6.10 Å². The number of rotatable bonds is 4. The van der Waals surface area contributed by atoms with E-state index in [4.69, 9.17) is 15.7 Å². The minimum absolute atomic E-state index is 0.442. The van der Waals surface area contributed by atoms with Crippen molar-refractivity contribution in [3.05, 3.63) is 28.2 Å². The number of nitriles is 1. The van der Waals surface area contributed by atoms with Crippen molar-refractivity contribution < 1.29 is 4.74 Å². The molecule has 4 heteroatoms. The summed E-state index contributed by atoms with van der Waals surface area (Å²) in [4.78, 5) is 0. The quantitative estimate of drug-likeness (QED) is 0.911. The second kappa shape index (κ2) is 5.74. The van der Waals surface area contributed by atoms with E-state index in [0.29, 0.717) is 6.54 Å². The summed E-state index contributed by atoms with van der Waals surface area (Å²) >= 11 is 3.39. The predicted octanol–water partition coefficient (Wildman–Crippen LogP) is 2.24. The first-order valence-corrected chi connectivity index (χ1v) is 5.51. The van der Waals surface area contributed by atoms with Crippen LogP contribution in [0.4, 0.5) is 0 Å². The van der Waals surface area contributed by atoms with Gasteiger partial charge in [0.2, 0.25) is 0 Å². The minimum Gasteiger partial charge on any atom is -0.476 e. The highest BCUT2D eigenvalue weighted by atomic mass is 79.9. The Morgan fingerprint density at radius 3 is 2.93 bits per heavy atom. The van der Waals surface area contributed by atoms with Crippen LogP contribution >= 0.6 is 15.9 Å². The lowest BCUT2D eigenvalue weighted by Crippen LogP contribution is -2.11. The van der Waals surface area contributed by atoms with Crippen LogP contribution in [-0.4, -0.2) is 12.6 Å². The van der Waals surface area contributed by atoms with Gasteiger partial charge in [-0.15, -0.1) is 0 Å². The summed E-state index contributed by atoms with van der Waals surface area (Å²) in [6, 6.07) is 7.74. The van der Waals surface area contributed by atoms with Crippen LogP contribution in [0.1, 0.15) is 12.5 Å². The van der Waals surface area contributed by atoms with Crippen molar-refractivity contribution in [1.29, 1.82) is 5.26 Å². The van der Waals surface area contributed by atoms with Gasteiger partial charge in [-0.1, -0.05) is 15.9 Å². The van der Waals surface area contributed by atoms with Gasteiger partial charge in [-0.05, 0) is 43.7 Å². The molecule has 1 unspecified atom stereocenters. The maximum absolute atomic E-state index is 8.66. The van der Waals surface area contributed by atoms with E-state index in [1.54, 1.807) is 6.92 Å². The van der Waals surface area contributed by atoms with Gasteiger partial charge in [0, 0.05) is 4.47 Å². The lowest BCUT2D eigenvalue weighted by Gasteiger charge is -2.12. The summed E-state index contributed by atoms with van der Waals surface area (Å²) in [6.07, 6.45) is 0.301. The lowest BCUT2D eigenvalue weighted by molar-refractivity contribution is 0.273. The van der Waals surface area contributed by atoms with Crippen LogP contribution in [0.3, 0.4) is 0 Å². The monoisotopic (exact) mass is 268 g/mol. The highest BCUT2D eigenvalue weighted by Crippen LogP contribution is 2.24. The molecular formula is C11H13BrN2O. The lowest BCUT2D eigenvalue weighted by atomic mass is 10.1. The Hall–Kier alpha value is -1.05. The Kier molecular flexibility index (Phi) is 4.60. The van der Waals surface area contributed by atoms with Crippen molar-refractivity contribution in [3.8, 4) is 11.8 Å². The average molecular weight is 269 g/mol. The van der Waals surface area contributed by atoms with Crippen LogP contribution in [0, 0.1) is 11.3 Å². The molecule has 0 amide bonds. The first kappa shape index (κ1) is 12.0. The first-order chi connectivity index (χ1) is 7.17. The number of ether oxygens (including phenoxy) is 1. The van der Waals surface area contributed by atoms with Gasteiger partial charge in [0.15, 0.2) is 6.10 Å². The second-order valence-electron chi connectivity index (χ2n) is 3.18. The van der Waals surface area contributed by atoms with Gasteiger partial charge in [-0.25, -0.2) is 0 Å². The Morgan fingerprint density at radius 1 is 1.60 bits per heavy atom. The molecule has 0 fully saturated rings. The van der Waals surface area contributed by atoms with Crippen LogP contribution in [0.25, 0.3) is 0 Å². The topological polar surface area (TPSA) is 59.0 Å². The molecule has 0 aromatic heterocycles. The van der Waals surface area contributed by atoms with Crippen LogP contribution in [0.2, 0.25) is 0 Å². The Morgan fingerprint density at radius 2 is 2.33 bits per heavy atom. The molecule has 15 heavy (non-hydrogen) atoms. The van der Waals surface area contributed by atoms with Crippen molar-refractivity contribution in [1.82, 2.24) is 0 Å². The highest BCUT2D eigenvalue weighted by Gasteiger charge is 2.07. The third-order valence-electron chi connectivity index (χ3n) is 1.92. The smallest absolute Gasteiger partial charge is 0.181 e. The minimum atomic E-state index is -0.442. The number of benzene rings is 1. The molecule has 0 saturated carbocycles. The molecular weight excluding hydrogens is 256 g/mol. The molecule has 0 aliphatic carbocycles. The molecule has 2 N–H and O–H groups in total. The maximum Gasteiger partial charge on any atom is 0.181 e. The molecule has 0 bridgehead atoms. The van der Waals surface area contributed by atoms with E-state index in [1.807, 2.05) is 24.3 Å². The number of nitrogens with two attached hydrogens (primary N) is 1. The fourth-order valence-corrected chi connectivity index (χ4v) is 1.64. The summed E-state index contributed by atoms with van der Waals surface area (Å²) in [7, 11) is 0. The predicted molar refractivity (Wildman–Crippen MR) is 62.6 cm³/mol. The van der Waals surface area contributed by atoms with E-state index in [-0.39, 0.29) is 0 Å². The zero-order valence-corrected chi connectivity index (χ0v) is 10.1. The van der Waals surface area contributed by atoms with Crippen LogP contribution < -0.4 is 10.5 Å². The SMILES string of the molecule is CC(C#N)Oc1ccc(Br)cc1CCN. The largest absolute Gasteiger partial charge is 0.476 e. The second-order valence-corrected chi connectivity index (χ2v) is 4.10. The van der Waals surface area contributed by atoms with Crippen molar-refractivity contribution in [2.45, 2.75) is 19.4 Å². The van der Waals surface area contributed by atoms with Crippen LogP contribution in [-0.2, 0) is 6.42 Å². The summed E-state index contributed by atoms with van der Waals surface area (Å²) in [5, 5.41) is 8.66. The Labute approximate surface area is 98.0 Å². The fraction of sp³-hybridized carbons (Fsp3) is 0.364. The van der Waals surface area contributed by atoms with E-state index >= 15 is 0 Å². The van der Waals surface area contributed by atoms with E-state index in [2.05, 4.69) is 15.9 Å². The van der Waals surface area contributed by atoms with Gasteiger partial charge in [0.25, 0.3) is 0 Å². The molecule has 0 spiro atoms. The van der Waals surface area contributed by atoms with Gasteiger partial charge in [-0.3, -0.25) is 0 Å². The summed E-state index contributed by atoms with van der Waals surface area (Å²) in [5.41, 5.74) is 6.53. The molecule has 80 valence electrons. The molecule has 0 radical (unpaired) electrons. The highest BCUT2D eigenvalue weighted by molar-refractivity contribution is 9.10. The number of hydrogen-bond donors (Lipinski definition) is 1. The zero-order chi connectivity index (χ0) is 11.3. The molecule has 1 aromatic carbocycles. The molecule has 1 atom stereocenters. The van der Waals surface area contributed by atoms with Crippen molar-refractivity contribution in [2.24, 2.45) is 5.73 Å². The number of hydrogen-bond acceptors (Lipinski definition) is 3. The molecule has 1 rings (SSSR count). The normalized spacial score (nSPS) is 11.9. The first-order valence-electron chi connectivity index (χ1n) is 4.72. The Bertz CT molecular complexity index is 373. The molecule has 0 aliphatic rings. The third kappa shape index (κ3) is 3.54. The molecule has 3 nitrogen and oxygen atoms in total. The average Bonchev–Trinajstić information content (AvgIpc) is 2.22. The third-order valence-corrected chi connectivity index (χ3v) is 2.42. The van der Waals surface area contributed by atoms with Gasteiger partial charge >= 0.3 is 0 Å². The molecule has 1 aromatic rings. The fourth-order valence-electron chi connectivity index (χ4n) is 1.23. The van der Waals surface area contributed by atoms with Crippen LogP contribution in [0.5, 0.6) is 5.75 Å². The summed E-state index contributed by atoms with van der Waals surface area (Å²) in [6.45, 7) is 2.28. The number of nitrogens with zero attached hydrogens (tertiary/aromatic N) is 1. The van der Waals surface area contributed by atoms with Gasteiger partial charge in [-0.2, -0.15) is 5.26 Å². The Balaban J connectivity index is 2.91. The van der Waals surface area contributed by atoms with Gasteiger partial charge < -0.3 is 10.5 Å². The van der Waals surface area contributed by atoms with Crippen molar-refractivity contribution >= 4 is 15.9 Å². The molecule has 0 aliphatic heterocycles. The van der Waals surface area contributed by atoms with Crippen LogP contribution in [0.15, 0.2) is 22.7 Å². The van der Waals surface area contributed by atoms with E-state index in [9.17, 15) is 0 Å². The maximum atomic E-state index is 8.66. The van der Waals surface area contributed by atoms with E-state index in [0.717, 1.165) is 22.2 Å². The summed E-state index contributed by atoms with van der Waals surface area (Å²) < 4.78 is 6.45. The number of halogens is 1. The molecule has 0 heterocycles. The van der Waals surface area contributed by atoms with E-state index in [1.165, 1.54) is 0 Å². The summed E-state index contributed by atoms with van der Waals surface area (Å²) in [5.74, 6) is 0.734.